The predicted molar refractivity (Wildman–Crippen MR) is 131 cm³/mol. The van der Waals surface area contributed by atoms with Gasteiger partial charge in [0.25, 0.3) is 10.0 Å². The quantitative estimate of drug-likeness (QED) is 0.474. The standard InChI is InChI=1S/C27H31FN2O2S/c1-20-5-4-6-27(17-20)33(31,32)30(25-11-9-24(28)10-12-25)26-13-15-29(16-14-26)19-23-8-7-21(2)22(3)18-23/h4-12,17-18,26H,13-16,19H2,1-3H3. The molecule has 0 bridgehead atoms. The fourth-order valence-corrected chi connectivity index (χ4v) is 6.31. The summed E-state index contributed by atoms with van der Waals surface area (Å²) in [6.45, 7) is 8.59. The van der Waals surface area contributed by atoms with E-state index < -0.39 is 10.0 Å². The number of likely N-dealkylation sites (tertiary alicyclic amines) is 1. The minimum Gasteiger partial charge on any atom is -0.299 e. The maximum absolute atomic E-state index is 13.7. The second-order valence-electron chi connectivity index (χ2n) is 9.02. The van der Waals surface area contributed by atoms with E-state index in [4.69, 9.17) is 0 Å². The summed E-state index contributed by atoms with van der Waals surface area (Å²) in [5.41, 5.74) is 5.24. The van der Waals surface area contributed by atoms with Gasteiger partial charge in [0.1, 0.15) is 5.82 Å². The molecule has 0 spiro atoms. The van der Waals surface area contributed by atoms with E-state index in [0.29, 0.717) is 18.5 Å². The number of hydrogen-bond acceptors (Lipinski definition) is 3. The average molecular weight is 467 g/mol. The molecule has 3 aromatic rings. The Labute approximate surface area is 196 Å². The lowest BCUT2D eigenvalue weighted by molar-refractivity contribution is 0.206. The summed E-state index contributed by atoms with van der Waals surface area (Å²) >= 11 is 0. The highest BCUT2D eigenvalue weighted by Gasteiger charge is 2.34. The molecule has 4 nitrogen and oxygen atoms in total. The van der Waals surface area contributed by atoms with Gasteiger partial charge in [-0.3, -0.25) is 9.21 Å². The van der Waals surface area contributed by atoms with Crippen molar-refractivity contribution in [1.29, 1.82) is 0 Å². The molecule has 3 aromatic carbocycles. The Hall–Kier alpha value is -2.70. The fourth-order valence-electron chi connectivity index (χ4n) is 4.50. The maximum Gasteiger partial charge on any atom is 0.264 e. The van der Waals surface area contributed by atoms with E-state index in [1.807, 2.05) is 13.0 Å². The molecule has 1 heterocycles. The minimum atomic E-state index is -3.78. The molecule has 174 valence electrons. The molecule has 0 radical (unpaired) electrons. The molecule has 0 saturated carbocycles. The summed E-state index contributed by atoms with van der Waals surface area (Å²) in [7, 11) is -3.78. The lowest BCUT2D eigenvalue weighted by Crippen LogP contribution is -2.47. The smallest absolute Gasteiger partial charge is 0.264 e. The molecule has 0 aliphatic carbocycles. The summed E-state index contributed by atoms with van der Waals surface area (Å²) in [6, 6.07) is 19.1. The average Bonchev–Trinajstić information content (AvgIpc) is 2.79. The Morgan fingerprint density at radius 1 is 0.909 bits per heavy atom. The monoisotopic (exact) mass is 466 g/mol. The topological polar surface area (TPSA) is 40.6 Å². The van der Waals surface area contributed by atoms with E-state index in [9.17, 15) is 12.8 Å². The van der Waals surface area contributed by atoms with Crippen molar-refractivity contribution in [2.45, 2.75) is 51.1 Å². The first kappa shape index (κ1) is 23.5. The van der Waals surface area contributed by atoms with Crippen molar-refractivity contribution in [3.05, 3.63) is 94.8 Å². The van der Waals surface area contributed by atoms with E-state index >= 15 is 0 Å². The predicted octanol–water partition coefficient (Wildman–Crippen LogP) is 5.61. The van der Waals surface area contributed by atoms with Crippen molar-refractivity contribution in [2.75, 3.05) is 17.4 Å². The Kier molecular flexibility index (Phi) is 6.86. The van der Waals surface area contributed by atoms with E-state index in [0.717, 1.165) is 25.2 Å². The SMILES string of the molecule is Cc1cccc(S(=O)(=O)N(c2ccc(F)cc2)C2CCN(Cc3ccc(C)c(C)c3)CC2)c1. The third-order valence-corrected chi connectivity index (χ3v) is 8.37. The maximum atomic E-state index is 13.7. The van der Waals surface area contributed by atoms with Crippen LogP contribution in [0.4, 0.5) is 10.1 Å². The zero-order chi connectivity index (χ0) is 23.6. The number of sulfonamides is 1. The van der Waals surface area contributed by atoms with Gasteiger partial charge in [0.15, 0.2) is 0 Å². The first-order valence-electron chi connectivity index (χ1n) is 11.4. The number of piperidine rings is 1. The third kappa shape index (κ3) is 5.28. The molecule has 0 unspecified atom stereocenters. The van der Waals surface area contributed by atoms with Crippen LogP contribution in [0.2, 0.25) is 0 Å². The molecule has 0 aromatic heterocycles. The lowest BCUT2D eigenvalue weighted by Gasteiger charge is -2.39. The number of anilines is 1. The highest BCUT2D eigenvalue weighted by Crippen LogP contribution is 2.31. The first-order valence-corrected chi connectivity index (χ1v) is 12.8. The van der Waals surface area contributed by atoms with Gasteiger partial charge in [-0.2, -0.15) is 0 Å². The number of halogens is 1. The highest BCUT2D eigenvalue weighted by molar-refractivity contribution is 7.92. The third-order valence-electron chi connectivity index (χ3n) is 6.49. The van der Waals surface area contributed by atoms with Crippen molar-refractivity contribution in [3.8, 4) is 0 Å². The Balaban J connectivity index is 1.57. The van der Waals surface area contributed by atoms with Crippen LogP contribution in [0.3, 0.4) is 0 Å². The first-order chi connectivity index (χ1) is 15.7. The minimum absolute atomic E-state index is 0.183. The van der Waals surface area contributed by atoms with Crippen LogP contribution in [0.5, 0.6) is 0 Å². The molecule has 1 aliphatic heterocycles. The summed E-state index contributed by atoms with van der Waals surface area (Å²) in [5, 5.41) is 0. The number of benzene rings is 3. The second kappa shape index (κ2) is 9.65. The van der Waals surface area contributed by atoms with Crippen LogP contribution in [0.15, 0.2) is 71.6 Å². The molecule has 0 N–H and O–H groups in total. The van der Waals surface area contributed by atoms with E-state index in [-0.39, 0.29) is 16.8 Å². The van der Waals surface area contributed by atoms with Crippen LogP contribution < -0.4 is 4.31 Å². The Morgan fingerprint density at radius 2 is 1.61 bits per heavy atom. The van der Waals surface area contributed by atoms with Crippen LogP contribution in [-0.2, 0) is 16.6 Å². The Bertz CT molecular complexity index is 1220. The number of nitrogens with zero attached hydrogens (tertiary/aromatic N) is 2. The second-order valence-corrected chi connectivity index (χ2v) is 10.8. The number of hydrogen-bond donors (Lipinski definition) is 0. The summed E-state index contributed by atoms with van der Waals surface area (Å²) in [4.78, 5) is 2.65. The van der Waals surface area contributed by atoms with Crippen molar-refractivity contribution in [2.24, 2.45) is 0 Å². The van der Waals surface area contributed by atoms with Gasteiger partial charge in [-0.15, -0.1) is 0 Å². The molecule has 0 amide bonds. The molecule has 0 atom stereocenters. The molecule has 33 heavy (non-hydrogen) atoms. The van der Waals surface area contributed by atoms with Crippen molar-refractivity contribution >= 4 is 15.7 Å². The molecular formula is C27H31FN2O2S. The van der Waals surface area contributed by atoms with Crippen LogP contribution in [0.1, 0.15) is 35.1 Å². The normalized spacial score (nSPS) is 15.5. The van der Waals surface area contributed by atoms with Crippen LogP contribution in [0, 0.1) is 26.6 Å². The van der Waals surface area contributed by atoms with Gasteiger partial charge in [-0.05, 0) is 92.3 Å². The van der Waals surface area contributed by atoms with Gasteiger partial charge < -0.3 is 0 Å². The van der Waals surface area contributed by atoms with Crippen molar-refractivity contribution in [3.63, 3.8) is 0 Å². The number of rotatable bonds is 6. The lowest BCUT2D eigenvalue weighted by atomic mass is 10.0. The Morgan fingerprint density at radius 3 is 2.24 bits per heavy atom. The van der Waals surface area contributed by atoms with Gasteiger partial charge in [-0.25, -0.2) is 12.8 Å². The summed E-state index contributed by atoms with van der Waals surface area (Å²) in [5.74, 6) is -0.380. The van der Waals surface area contributed by atoms with Gasteiger partial charge >= 0.3 is 0 Å². The van der Waals surface area contributed by atoms with Crippen LogP contribution >= 0.6 is 0 Å². The molecule has 6 heteroatoms. The molecule has 4 rings (SSSR count). The van der Waals surface area contributed by atoms with E-state index in [1.54, 1.807) is 30.3 Å². The van der Waals surface area contributed by atoms with Gasteiger partial charge in [0.2, 0.25) is 0 Å². The van der Waals surface area contributed by atoms with Crippen LogP contribution in [-0.4, -0.2) is 32.4 Å². The summed E-state index contributed by atoms with van der Waals surface area (Å²) in [6.07, 6.45) is 1.43. The molecule has 1 fully saturated rings. The van der Waals surface area contributed by atoms with Gasteiger partial charge in [-0.1, -0.05) is 30.3 Å². The summed E-state index contributed by atoms with van der Waals surface area (Å²) < 4.78 is 42.6. The van der Waals surface area contributed by atoms with E-state index in [2.05, 4.69) is 36.9 Å². The zero-order valence-corrected chi connectivity index (χ0v) is 20.3. The molecular weight excluding hydrogens is 435 g/mol. The molecule has 1 saturated heterocycles. The van der Waals surface area contributed by atoms with Crippen molar-refractivity contribution in [1.82, 2.24) is 4.90 Å². The molecule has 1 aliphatic rings. The van der Waals surface area contributed by atoms with Crippen molar-refractivity contribution < 1.29 is 12.8 Å². The largest absolute Gasteiger partial charge is 0.299 e. The van der Waals surface area contributed by atoms with Crippen LogP contribution in [0.25, 0.3) is 0 Å². The number of aryl methyl sites for hydroxylation is 3. The van der Waals surface area contributed by atoms with Gasteiger partial charge in [0.05, 0.1) is 10.6 Å². The fraction of sp³-hybridized carbons (Fsp3) is 0.333. The zero-order valence-electron chi connectivity index (χ0n) is 19.5. The van der Waals surface area contributed by atoms with E-state index in [1.165, 1.54) is 33.1 Å². The van der Waals surface area contributed by atoms with Gasteiger partial charge in [0, 0.05) is 25.7 Å². The highest BCUT2D eigenvalue weighted by atomic mass is 32.2.